The summed E-state index contributed by atoms with van der Waals surface area (Å²) in [6, 6.07) is 0. The minimum absolute atomic E-state index is 0.0361. The van der Waals surface area contributed by atoms with E-state index in [1.807, 2.05) is 0 Å². The van der Waals surface area contributed by atoms with Crippen LogP contribution in [0, 0.1) is 52.3 Å². The van der Waals surface area contributed by atoms with Gasteiger partial charge < -0.3 is 9.84 Å². The first-order valence-electron chi connectivity index (χ1n) is 14.1. The lowest BCUT2D eigenvalue weighted by atomic mass is 9.42. The summed E-state index contributed by atoms with van der Waals surface area (Å²) in [7, 11) is 1.43. The van der Waals surface area contributed by atoms with Gasteiger partial charge in [-0.1, -0.05) is 27.6 Å². The predicted octanol–water partition coefficient (Wildman–Crippen LogP) is 5.41. The number of fused-ring (bicyclic) bond motifs is 5. The predicted molar refractivity (Wildman–Crippen MR) is 121 cm³/mol. The fourth-order valence-electron chi connectivity index (χ4n) is 9.02. The maximum absolute atomic E-state index is 14.2. The quantitative estimate of drug-likeness (QED) is 0.586. The van der Waals surface area contributed by atoms with Crippen molar-refractivity contribution in [2.24, 2.45) is 52.3 Å². The number of rotatable bonds is 5. The van der Waals surface area contributed by atoms with Gasteiger partial charge in [-0.15, -0.1) is 0 Å². The lowest BCUT2D eigenvalue weighted by Crippen LogP contribution is -2.60. The van der Waals surface area contributed by atoms with E-state index in [2.05, 4.69) is 20.8 Å². The maximum atomic E-state index is 14.2. The molecule has 4 heteroatoms. The molecular weight excluding hydrogens is 388 g/mol. The van der Waals surface area contributed by atoms with E-state index in [0.29, 0.717) is 24.7 Å². The van der Waals surface area contributed by atoms with Gasteiger partial charge in [-0.2, -0.15) is 0 Å². The molecule has 0 heterocycles. The van der Waals surface area contributed by atoms with Crippen molar-refractivity contribution in [1.29, 1.82) is 0 Å². The number of hydrogen-bond donors (Lipinski definition) is 1. The molecule has 0 aromatic heterocycles. The first-order valence-corrected chi connectivity index (χ1v) is 12.6. The summed E-state index contributed by atoms with van der Waals surface area (Å²) in [5.41, 5.74) is -0.0298. The molecule has 1 unspecified atom stereocenters. The third kappa shape index (κ3) is 3.60. The third-order valence-corrected chi connectivity index (χ3v) is 10.7. The van der Waals surface area contributed by atoms with Crippen LogP contribution in [0.15, 0.2) is 0 Å². The number of hydrogen-bond acceptors (Lipinski definition) is 4. The molecule has 0 bridgehead atoms. The van der Waals surface area contributed by atoms with Crippen LogP contribution < -0.4 is 0 Å². The minimum Gasteiger partial charge on any atom is -0.469 e. The SMILES string of the molecule is [2H]C([2H])([2H])C[C@H]1C(=O)[C@@H]2[C@H](CC[C@]3(C)[C@@H](C(C)CCC(=O)OC)CC[C@@H]23)[C@@]2(C)CC[C@@H](O)C[C@@H]12. The van der Waals surface area contributed by atoms with Crippen LogP contribution in [-0.4, -0.2) is 30.1 Å². The highest BCUT2D eigenvalue weighted by atomic mass is 16.5. The molecule has 0 aliphatic heterocycles. The topological polar surface area (TPSA) is 63.6 Å². The summed E-state index contributed by atoms with van der Waals surface area (Å²) in [5.74, 6) is 0.852. The number of methoxy groups -OCH3 is 1. The Hall–Kier alpha value is -0.900. The van der Waals surface area contributed by atoms with E-state index in [-0.39, 0.29) is 52.7 Å². The first-order chi connectivity index (χ1) is 15.8. The van der Waals surface area contributed by atoms with Crippen LogP contribution in [0.2, 0.25) is 0 Å². The van der Waals surface area contributed by atoms with Crippen LogP contribution in [-0.2, 0) is 14.3 Å². The van der Waals surface area contributed by atoms with Crippen LogP contribution in [0.3, 0.4) is 0 Å². The Morgan fingerprint density at radius 3 is 2.58 bits per heavy atom. The zero-order chi connectivity index (χ0) is 25.1. The summed E-state index contributed by atoms with van der Waals surface area (Å²) < 4.78 is 28.7. The second-order valence-electron chi connectivity index (χ2n) is 11.8. The summed E-state index contributed by atoms with van der Waals surface area (Å²) in [6.07, 6.45) is 7.12. The second kappa shape index (κ2) is 8.47. The van der Waals surface area contributed by atoms with Crippen LogP contribution >= 0.6 is 0 Å². The Bertz CT molecular complexity index is 797. The van der Waals surface area contributed by atoms with Crippen molar-refractivity contribution in [1.82, 2.24) is 0 Å². The lowest BCUT2D eigenvalue weighted by molar-refractivity contribution is -0.173. The zero-order valence-electron chi connectivity index (χ0n) is 22.9. The van der Waals surface area contributed by atoms with E-state index >= 15 is 0 Å². The molecule has 10 atom stereocenters. The van der Waals surface area contributed by atoms with Gasteiger partial charge in [0, 0.05) is 22.4 Å². The highest BCUT2D eigenvalue weighted by molar-refractivity contribution is 5.86. The van der Waals surface area contributed by atoms with Crippen molar-refractivity contribution < 1.29 is 23.5 Å². The molecular formula is C27H44O4. The number of carbonyl (C=O) groups excluding carboxylic acids is 2. The Morgan fingerprint density at radius 2 is 1.87 bits per heavy atom. The van der Waals surface area contributed by atoms with Gasteiger partial charge in [0.1, 0.15) is 5.78 Å². The molecule has 1 N–H and O–H groups in total. The summed E-state index contributed by atoms with van der Waals surface area (Å²) in [5, 5.41) is 10.5. The van der Waals surface area contributed by atoms with Gasteiger partial charge in [0.2, 0.25) is 0 Å². The van der Waals surface area contributed by atoms with Gasteiger partial charge in [-0.05, 0) is 98.2 Å². The van der Waals surface area contributed by atoms with E-state index in [9.17, 15) is 14.7 Å². The molecule has 4 rings (SSSR count). The molecule has 4 saturated carbocycles. The number of esters is 1. The van der Waals surface area contributed by atoms with Crippen molar-refractivity contribution in [3.05, 3.63) is 0 Å². The highest BCUT2D eigenvalue weighted by Gasteiger charge is 2.65. The lowest BCUT2D eigenvalue weighted by Gasteiger charge is -2.62. The summed E-state index contributed by atoms with van der Waals surface area (Å²) >= 11 is 0. The largest absolute Gasteiger partial charge is 0.469 e. The van der Waals surface area contributed by atoms with Crippen molar-refractivity contribution in [3.8, 4) is 0 Å². The Balaban J connectivity index is 1.63. The van der Waals surface area contributed by atoms with Gasteiger partial charge in [0.15, 0.2) is 0 Å². The normalized spacial score (nSPS) is 49.6. The van der Waals surface area contributed by atoms with E-state index in [4.69, 9.17) is 8.85 Å². The standard InChI is InChI=1S/C27H44O4/c1-6-18-22-15-17(28)11-13-27(22,4)21-12-14-26(3)19(16(2)7-10-23(29)31-5)8-9-20(26)24(21)25(18)30/h16-22,24,28H,6-15H2,1-5H3/t16?,17-,18-,19-,20+,21+,22+,24+,26-,27-/m1/s1/i1D3. The molecule has 4 aliphatic rings. The van der Waals surface area contributed by atoms with E-state index < -0.39 is 18.9 Å². The van der Waals surface area contributed by atoms with Gasteiger partial charge >= 0.3 is 5.97 Å². The zero-order valence-corrected chi connectivity index (χ0v) is 19.9. The molecule has 0 aromatic carbocycles. The second-order valence-corrected chi connectivity index (χ2v) is 11.8. The molecule has 0 amide bonds. The smallest absolute Gasteiger partial charge is 0.305 e. The number of ketones is 1. The average Bonchev–Trinajstić information content (AvgIpc) is 3.12. The molecule has 0 aromatic rings. The maximum Gasteiger partial charge on any atom is 0.305 e. The van der Waals surface area contributed by atoms with Crippen LogP contribution in [0.5, 0.6) is 0 Å². The summed E-state index contributed by atoms with van der Waals surface area (Å²) in [6.45, 7) is 4.77. The van der Waals surface area contributed by atoms with Crippen molar-refractivity contribution in [2.75, 3.05) is 7.11 Å². The number of ether oxygens (including phenoxy) is 1. The number of carbonyl (C=O) groups is 2. The third-order valence-electron chi connectivity index (χ3n) is 10.7. The van der Waals surface area contributed by atoms with Crippen molar-refractivity contribution in [2.45, 2.75) is 97.9 Å². The van der Waals surface area contributed by atoms with Crippen LogP contribution in [0.25, 0.3) is 0 Å². The molecule has 4 nitrogen and oxygen atoms in total. The van der Waals surface area contributed by atoms with E-state index in [1.165, 1.54) is 7.11 Å². The van der Waals surface area contributed by atoms with Gasteiger partial charge in [-0.3, -0.25) is 9.59 Å². The van der Waals surface area contributed by atoms with E-state index in [1.54, 1.807) is 0 Å². The molecule has 4 aliphatic carbocycles. The first kappa shape index (κ1) is 19.6. The molecule has 0 spiro atoms. The number of aliphatic hydroxyl groups is 1. The van der Waals surface area contributed by atoms with Gasteiger partial charge in [0.05, 0.1) is 13.2 Å². The summed E-state index contributed by atoms with van der Waals surface area (Å²) in [4.78, 5) is 25.9. The number of aliphatic hydroxyl groups excluding tert-OH is 1. The van der Waals surface area contributed by atoms with Crippen molar-refractivity contribution in [3.63, 3.8) is 0 Å². The minimum atomic E-state index is -2.14. The fourth-order valence-corrected chi connectivity index (χ4v) is 9.02. The Morgan fingerprint density at radius 1 is 1.16 bits per heavy atom. The number of Topliss-reactive ketones (excluding diaryl/α,β-unsaturated/α-hetero) is 1. The molecule has 176 valence electrons. The van der Waals surface area contributed by atoms with Gasteiger partial charge in [0.25, 0.3) is 0 Å². The van der Waals surface area contributed by atoms with Crippen LogP contribution in [0.1, 0.15) is 95.9 Å². The Labute approximate surface area is 193 Å². The monoisotopic (exact) mass is 435 g/mol. The van der Waals surface area contributed by atoms with Crippen molar-refractivity contribution >= 4 is 11.8 Å². The van der Waals surface area contributed by atoms with E-state index in [0.717, 1.165) is 44.9 Å². The highest BCUT2D eigenvalue weighted by Crippen LogP contribution is 2.68. The Kier molecular flexibility index (Phi) is 5.34. The average molecular weight is 436 g/mol. The molecule has 31 heavy (non-hydrogen) atoms. The fraction of sp³-hybridized carbons (Fsp3) is 0.926. The molecule has 4 fully saturated rings. The molecule has 0 radical (unpaired) electrons. The van der Waals surface area contributed by atoms with Crippen LogP contribution in [0.4, 0.5) is 0 Å². The van der Waals surface area contributed by atoms with Gasteiger partial charge in [-0.25, -0.2) is 0 Å². The molecule has 0 saturated heterocycles.